The Morgan fingerprint density at radius 1 is 1.26 bits per heavy atom. The quantitative estimate of drug-likeness (QED) is 0.837. The van der Waals surface area contributed by atoms with Gasteiger partial charge in [0.25, 0.3) is 0 Å². The lowest BCUT2D eigenvalue weighted by Gasteiger charge is -2.25. The summed E-state index contributed by atoms with van der Waals surface area (Å²) in [6.45, 7) is 5.94. The highest BCUT2D eigenvalue weighted by Crippen LogP contribution is 2.23. The Morgan fingerprint density at radius 3 is 2.42 bits per heavy atom. The van der Waals surface area contributed by atoms with Crippen molar-refractivity contribution >= 4 is 9.84 Å². The van der Waals surface area contributed by atoms with Crippen LogP contribution in [-0.4, -0.2) is 26.8 Å². The number of benzene rings is 1. The van der Waals surface area contributed by atoms with Crippen molar-refractivity contribution in [2.45, 2.75) is 56.2 Å². The predicted octanol–water partition coefficient (Wildman–Crippen LogP) is 2.94. The molecule has 0 saturated heterocycles. The third-order valence-electron chi connectivity index (χ3n) is 3.54. The van der Waals surface area contributed by atoms with E-state index in [1.54, 1.807) is 12.1 Å². The molecule has 3 nitrogen and oxygen atoms in total. The second-order valence-electron chi connectivity index (χ2n) is 4.99. The van der Waals surface area contributed by atoms with Gasteiger partial charge in [-0.1, -0.05) is 32.4 Å². The number of sulfone groups is 1. The molecule has 2 atom stereocenters. The summed E-state index contributed by atoms with van der Waals surface area (Å²) in [7, 11) is -1.43. The van der Waals surface area contributed by atoms with Crippen LogP contribution in [0.5, 0.6) is 0 Å². The van der Waals surface area contributed by atoms with E-state index in [4.69, 9.17) is 0 Å². The van der Waals surface area contributed by atoms with Crippen LogP contribution < -0.4 is 5.32 Å². The Morgan fingerprint density at radius 2 is 1.95 bits per heavy atom. The number of hydrogen-bond acceptors (Lipinski definition) is 3. The number of nitrogens with one attached hydrogen (secondary N) is 1. The molecule has 0 fully saturated rings. The fourth-order valence-corrected chi connectivity index (χ4v) is 4.63. The molecule has 0 bridgehead atoms. The topological polar surface area (TPSA) is 46.2 Å². The van der Waals surface area contributed by atoms with Crippen molar-refractivity contribution < 1.29 is 8.42 Å². The van der Waals surface area contributed by atoms with Gasteiger partial charge in [0, 0.05) is 6.04 Å². The fourth-order valence-electron chi connectivity index (χ4n) is 2.51. The van der Waals surface area contributed by atoms with E-state index >= 15 is 0 Å². The summed E-state index contributed by atoms with van der Waals surface area (Å²) in [5.41, 5.74) is 0.979. The van der Waals surface area contributed by atoms with Gasteiger partial charge in [0.15, 0.2) is 9.84 Å². The zero-order valence-corrected chi connectivity index (χ0v) is 13.1. The summed E-state index contributed by atoms with van der Waals surface area (Å²) < 4.78 is 25.5. The SMILES string of the molecule is CCCC(NC)C(CC)S(=O)(=O)c1cccc(C)c1. The Kier molecular flexibility index (Phi) is 6.01. The fraction of sp³-hybridized carbons (Fsp3) is 0.600. The monoisotopic (exact) mass is 283 g/mol. The first-order valence-corrected chi connectivity index (χ1v) is 8.49. The standard InChI is InChI=1S/C15H25NO2S/c1-5-8-14(16-4)15(6-2)19(17,18)13-10-7-9-12(3)11-13/h7,9-11,14-16H,5-6,8H2,1-4H3. The van der Waals surface area contributed by atoms with Gasteiger partial charge in [-0.25, -0.2) is 8.42 Å². The number of aryl methyl sites for hydroxylation is 1. The second kappa shape index (κ2) is 7.06. The Balaban J connectivity index is 3.14. The van der Waals surface area contributed by atoms with E-state index < -0.39 is 9.84 Å². The van der Waals surface area contributed by atoms with Gasteiger partial charge in [-0.15, -0.1) is 0 Å². The molecule has 0 aliphatic heterocycles. The van der Waals surface area contributed by atoms with Crippen LogP contribution in [0.4, 0.5) is 0 Å². The molecule has 108 valence electrons. The highest BCUT2D eigenvalue weighted by Gasteiger charge is 2.32. The summed E-state index contributed by atoms with van der Waals surface area (Å²) in [6.07, 6.45) is 2.48. The van der Waals surface area contributed by atoms with Crippen LogP contribution in [0, 0.1) is 6.92 Å². The van der Waals surface area contributed by atoms with E-state index in [0.717, 1.165) is 18.4 Å². The van der Waals surface area contributed by atoms with Gasteiger partial charge >= 0.3 is 0 Å². The van der Waals surface area contributed by atoms with E-state index in [9.17, 15) is 8.42 Å². The number of rotatable bonds is 7. The minimum absolute atomic E-state index is 0.0144. The molecule has 2 unspecified atom stereocenters. The average Bonchev–Trinajstić information content (AvgIpc) is 2.38. The summed E-state index contributed by atoms with van der Waals surface area (Å²) in [5.74, 6) is 0. The highest BCUT2D eigenvalue weighted by molar-refractivity contribution is 7.92. The van der Waals surface area contributed by atoms with Gasteiger partial charge in [-0.05, 0) is 44.5 Å². The molecule has 19 heavy (non-hydrogen) atoms. The number of hydrogen-bond donors (Lipinski definition) is 1. The molecule has 0 radical (unpaired) electrons. The van der Waals surface area contributed by atoms with Gasteiger partial charge in [0.2, 0.25) is 0 Å². The Labute approximate surface area is 117 Å². The predicted molar refractivity (Wildman–Crippen MR) is 80.2 cm³/mol. The van der Waals surface area contributed by atoms with Crippen LogP contribution >= 0.6 is 0 Å². The summed E-state index contributed by atoms with van der Waals surface area (Å²) >= 11 is 0. The molecule has 4 heteroatoms. The van der Waals surface area contributed by atoms with Gasteiger partial charge in [-0.2, -0.15) is 0 Å². The summed E-state index contributed by atoms with van der Waals surface area (Å²) in [6, 6.07) is 7.20. The maximum atomic E-state index is 12.8. The Bertz CT molecular complexity index is 497. The van der Waals surface area contributed by atoms with E-state index in [2.05, 4.69) is 12.2 Å². The molecular weight excluding hydrogens is 258 g/mol. The van der Waals surface area contributed by atoms with E-state index in [-0.39, 0.29) is 11.3 Å². The van der Waals surface area contributed by atoms with E-state index in [0.29, 0.717) is 11.3 Å². The molecule has 1 aromatic rings. The summed E-state index contributed by atoms with van der Waals surface area (Å²) in [4.78, 5) is 0.440. The van der Waals surface area contributed by atoms with Crippen molar-refractivity contribution in [3.8, 4) is 0 Å². The van der Waals surface area contributed by atoms with Crippen molar-refractivity contribution in [2.24, 2.45) is 0 Å². The average molecular weight is 283 g/mol. The molecule has 1 N–H and O–H groups in total. The highest BCUT2D eigenvalue weighted by atomic mass is 32.2. The van der Waals surface area contributed by atoms with Crippen LogP contribution in [-0.2, 0) is 9.84 Å². The first-order chi connectivity index (χ1) is 8.97. The molecule has 0 spiro atoms. The minimum Gasteiger partial charge on any atom is -0.316 e. The van der Waals surface area contributed by atoms with Gasteiger partial charge < -0.3 is 5.32 Å². The van der Waals surface area contributed by atoms with Crippen molar-refractivity contribution in [2.75, 3.05) is 7.05 Å². The molecule has 0 heterocycles. The van der Waals surface area contributed by atoms with Crippen LogP contribution in [0.15, 0.2) is 29.2 Å². The van der Waals surface area contributed by atoms with Crippen molar-refractivity contribution in [3.63, 3.8) is 0 Å². The lowest BCUT2D eigenvalue weighted by Crippen LogP contribution is -2.42. The van der Waals surface area contributed by atoms with Crippen LogP contribution in [0.2, 0.25) is 0 Å². The maximum Gasteiger partial charge on any atom is 0.182 e. The van der Waals surface area contributed by atoms with Crippen molar-refractivity contribution in [3.05, 3.63) is 29.8 Å². The molecule has 0 saturated carbocycles. The minimum atomic E-state index is -3.27. The van der Waals surface area contributed by atoms with Crippen LogP contribution in [0.3, 0.4) is 0 Å². The van der Waals surface area contributed by atoms with Crippen molar-refractivity contribution in [1.82, 2.24) is 5.32 Å². The zero-order chi connectivity index (χ0) is 14.5. The molecule has 0 aliphatic rings. The molecule has 0 amide bonds. The van der Waals surface area contributed by atoms with E-state index in [1.165, 1.54) is 0 Å². The maximum absolute atomic E-state index is 12.8. The third-order valence-corrected chi connectivity index (χ3v) is 5.91. The second-order valence-corrected chi connectivity index (χ2v) is 7.16. The van der Waals surface area contributed by atoms with Crippen LogP contribution in [0.1, 0.15) is 38.7 Å². The first-order valence-electron chi connectivity index (χ1n) is 6.95. The van der Waals surface area contributed by atoms with Gasteiger partial charge in [0.05, 0.1) is 10.1 Å². The lowest BCUT2D eigenvalue weighted by atomic mass is 10.1. The van der Waals surface area contributed by atoms with Gasteiger partial charge in [-0.3, -0.25) is 0 Å². The Hall–Kier alpha value is -0.870. The first kappa shape index (κ1) is 16.2. The lowest BCUT2D eigenvalue weighted by molar-refractivity contribution is 0.464. The normalized spacial score (nSPS) is 15.2. The van der Waals surface area contributed by atoms with Gasteiger partial charge in [0.1, 0.15) is 0 Å². The molecule has 0 aromatic heterocycles. The molecule has 1 rings (SSSR count). The van der Waals surface area contributed by atoms with E-state index in [1.807, 2.05) is 33.0 Å². The molecular formula is C15H25NO2S. The largest absolute Gasteiger partial charge is 0.316 e. The smallest absolute Gasteiger partial charge is 0.182 e. The van der Waals surface area contributed by atoms with Crippen molar-refractivity contribution in [1.29, 1.82) is 0 Å². The molecule has 1 aromatic carbocycles. The third kappa shape index (κ3) is 3.80. The molecule has 0 aliphatic carbocycles. The summed E-state index contributed by atoms with van der Waals surface area (Å²) in [5, 5.41) is 2.80. The van der Waals surface area contributed by atoms with Crippen LogP contribution in [0.25, 0.3) is 0 Å². The zero-order valence-electron chi connectivity index (χ0n) is 12.3.